The van der Waals surface area contributed by atoms with Crippen molar-refractivity contribution in [2.45, 2.75) is 6.10 Å². The number of imidazole rings is 1. The number of carboxylic acid groups (broad SMARTS) is 1. The Labute approximate surface area is 113 Å². The monoisotopic (exact) mass is 276 g/mol. The number of rotatable bonds is 5. The molecule has 0 spiro atoms. The summed E-state index contributed by atoms with van der Waals surface area (Å²) in [5, 5.41) is 19.8. The molecule has 1 amide bonds. The molecular weight excluding hydrogens is 264 g/mol. The van der Waals surface area contributed by atoms with Crippen molar-refractivity contribution in [3.05, 3.63) is 42.6 Å². The van der Waals surface area contributed by atoms with Crippen LogP contribution >= 0.6 is 0 Å². The Morgan fingerprint density at radius 2 is 2.20 bits per heavy atom. The molecule has 2 heterocycles. The fourth-order valence-corrected chi connectivity index (χ4v) is 1.45. The Balaban J connectivity index is 1.99. The van der Waals surface area contributed by atoms with Gasteiger partial charge in [0.1, 0.15) is 12.1 Å². The zero-order chi connectivity index (χ0) is 14.5. The van der Waals surface area contributed by atoms with Gasteiger partial charge in [-0.1, -0.05) is 0 Å². The van der Waals surface area contributed by atoms with E-state index in [0.717, 1.165) is 0 Å². The second kappa shape index (κ2) is 5.93. The van der Waals surface area contributed by atoms with Gasteiger partial charge in [-0.25, -0.2) is 14.8 Å². The van der Waals surface area contributed by atoms with Crippen LogP contribution in [0.25, 0.3) is 5.82 Å². The third kappa shape index (κ3) is 3.18. The smallest absolute Gasteiger partial charge is 0.334 e. The lowest BCUT2D eigenvalue weighted by Gasteiger charge is -2.08. The maximum atomic E-state index is 11.7. The molecule has 20 heavy (non-hydrogen) atoms. The van der Waals surface area contributed by atoms with Crippen molar-refractivity contribution < 1.29 is 19.8 Å². The predicted octanol–water partition coefficient (Wildman–Crippen LogP) is -0.557. The topological polar surface area (TPSA) is 117 Å². The highest BCUT2D eigenvalue weighted by Gasteiger charge is 2.15. The van der Waals surface area contributed by atoms with E-state index in [1.807, 2.05) is 0 Å². The molecule has 0 saturated carbocycles. The van der Waals surface area contributed by atoms with Gasteiger partial charge in [-0.15, -0.1) is 0 Å². The second-order valence-corrected chi connectivity index (χ2v) is 3.94. The van der Waals surface area contributed by atoms with Crippen LogP contribution in [0, 0.1) is 0 Å². The molecule has 3 N–H and O–H groups in total. The Kier molecular flexibility index (Phi) is 4.06. The minimum absolute atomic E-state index is 0.270. The van der Waals surface area contributed by atoms with E-state index in [2.05, 4.69) is 15.3 Å². The average Bonchev–Trinajstić information content (AvgIpc) is 2.98. The summed E-state index contributed by atoms with van der Waals surface area (Å²) < 4.78 is 1.68. The maximum Gasteiger partial charge on any atom is 0.334 e. The molecule has 8 heteroatoms. The molecule has 0 saturated heterocycles. The van der Waals surface area contributed by atoms with Crippen LogP contribution in [0.3, 0.4) is 0 Å². The Morgan fingerprint density at radius 1 is 1.40 bits per heavy atom. The largest absolute Gasteiger partial charge is 0.479 e. The molecule has 0 radical (unpaired) electrons. The molecule has 2 aromatic rings. The normalized spacial score (nSPS) is 11.8. The molecule has 0 unspecified atom stereocenters. The van der Waals surface area contributed by atoms with Crippen LogP contribution in [0.4, 0.5) is 0 Å². The fourth-order valence-electron chi connectivity index (χ4n) is 1.45. The molecule has 0 fully saturated rings. The molecule has 0 aromatic carbocycles. The van der Waals surface area contributed by atoms with Gasteiger partial charge in [-0.3, -0.25) is 9.36 Å². The summed E-state index contributed by atoms with van der Waals surface area (Å²) in [6.45, 7) is -0.364. The number of hydrogen-bond acceptors (Lipinski definition) is 5. The summed E-state index contributed by atoms with van der Waals surface area (Å²) in [7, 11) is 0. The number of aliphatic hydroxyl groups excluding tert-OH is 1. The number of hydrogen-bond donors (Lipinski definition) is 3. The fraction of sp³-hybridized carbons (Fsp3) is 0.167. The van der Waals surface area contributed by atoms with Crippen LogP contribution in [-0.4, -0.2) is 49.3 Å². The van der Waals surface area contributed by atoms with E-state index >= 15 is 0 Å². The number of carbonyl (C=O) groups is 2. The SMILES string of the molecule is O=C(NC[C@H](O)C(=O)O)c1ccc(-n2ccnc2)nc1. The van der Waals surface area contributed by atoms with E-state index in [0.29, 0.717) is 5.82 Å². The first-order valence-electron chi connectivity index (χ1n) is 5.71. The van der Waals surface area contributed by atoms with Gasteiger partial charge in [0.15, 0.2) is 6.10 Å². The first kappa shape index (κ1) is 13.7. The number of nitrogens with one attached hydrogen (secondary N) is 1. The van der Waals surface area contributed by atoms with Gasteiger partial charge in [0.25, 0.3) is 5.91 Å². The van der Waals surface area contributed by atoms with Crippen LogP contribution in [0.1, 0.15) is 10.4 Å². The second-order valence-electron chi connectivity index (χ2n) is 3.94. The van der Waals surface area contributed by atoms with Gasteiger partial charge >= 0.3 is 5.97 Å². The average molecular weight is 276 g/mol. The van der Waals surface area contributed by atoms with Gasteiger partial charge < -0.3 is 15.5 Å². The zero-order valence-corrected chi connectivity index (χ0v) is 10.3. The molecule has 0 aliphatic heterocycles. The molecule has 0 aliphatic rings. The van der Waals surface area contributed by atoms with Crippen LogP contribution in [0.15, 0.2) is 37.1 Å². The molecule has 8 nitrogen and oxygen atoms in total. The van der Waals surface area contributed by atoms with E-state index in [1.165, 1.54) is 6.20 Å². The Morgan fingerprint density at radius 3 is 2.75 bits per heavy atom. The highest BCUT2D eigenvalue weighted by Crippen LogP contribution is 2.05. The van der Waals surface area contributed by atoms with Crippen LogP contribution in [0.2, 0.25) is 0 Å². The number of carboxylic acids is 1. The Bertz CT molecular complexity index is 594. The van der Waals surface area contributed by atoms with Crippen molar-refractivity contribution in [1.82, 2.24) is 19.9 Å². The summed E-state index contributed by atoms with van der Waals surface area (Å²) in [6, 6.07) is 3.18. The number of amides is 1. The van der Waals surface area contributed by atoms with Crippen LogP contribution in [-0.2, 0) is 4.79 Å². The number of pyridine rings is 1. The van der Waals surface area contributed by atoms with Crippen molar-refractivity contribution in [2.75, 3.05) is 6.54 Å². The highest BCUT2D eigenvalue weighted by molar-refractivity contribution is 5.94. The molecule has 1 atom stereocenters. The van der Waals surface area contributed by atoms with E-state index < -0.39 is 18.0 Å². The number of carbonyl (C=O) groups excluding carboxylic acids is 1. The van der Waals surface area contributed by atoms with Crippen molar-refractivity contribution in [3.63, 3.8) is 0 Å². The molecular formula is C12H12N4O4. The molecule has 0 bridgehead atoms. The third-order valence-corrected chi connectivity index (χ3v) is 2.52. The lowest BCUT2D eigenvalue weighted by atomic mass is 10.2. The van der Waals surface area contributed by atoms with Crippen LogP contribution < -0.4 is 5.32 Å². The summed E-state index contributed by atoms with van der Waals surface area (Å²) in [4.78, 5) is 30.1. The Hall–Kier alpha value is -2.74. The third-order valence-electron chi connectivity index (χ3n) is 2.52. The van der Waals surface area contributed by atoms with Crippen molar-refractivity contribution in [1.29, 1.82) is 0 Å². The first-order chi connectivity index (χ1) is 9.58. The highest BCUT2D eigenvalue weighted by atomic mass is 16.4. The van der Waals surface area contributed by atoms with E-state index in [1.54, 1.807) is 35.4 Å². The standard InChI is InChI=1S/C12H12N4O4/c17-9(12(19)20)6-15-11(18)8-1-2-10(14-5-8)16-4-3-13-7-16/h1-5,7,9,17H,6H2,(H,15,18)(H,19,20)/t9-/m0/s1. The lowest BCUT2D eigenvalue weighted by Crippen LogP contribution is -2.36. The van der Waals surface area contributed by atoms with E-state index in [-0.39, 0.29) is 12.1 Å². The summed E-state index contributed by atoms with van der Waals surface area (Å²) >= 11 is 0. The van der Waals surface area contributed by atoms with Gasteiger partial charge in [0.2, 0.25) is 0 Å². The van der Waals surface area contributed by atoms with Crippen molar-refractivity contribution >= 4 is 11.9 Å². The lowest BCUT2D eigenvalue weighted by molar-refractivity contribution is -0.146. The van der Waals surface area contributed by atoms with E-state index in [4.69, 9.17) is 10.2 Å². The van der Waals surface area contributed by atoms with Gasteiger partial charge in [-0.05, 0) is 12.1 Å². The maximum absolute atomic E-state index is 11.7. The van der Waals surface area contributed by atoms with E-state index in [9.17, 15) is 9.59 Å². The van der Waals surface area contributed by atoms with Crippen LogP contribution in [0.5, 0.6) is 0 Å². The minimum Gasteiger partial charge on any atom is -0.479 e. The number of aliphatic carboxylic acids is 1. The van der Waals surface area contributed by atoms with Crippen molar-refractivity contribution in [3.8, 4) is 5.82 Å². The van der Waals surface area contributed by atoms with Crippen molar-refractivity contribution in [2.24, 2.45) is 0 Å². The molecule has 0 aliphatic carbocycles. The molecule has 2 rings (SSSR count). The zero-order valence-electron chi connectivity index (χ0n) is 10.3. The van der Waals surface area contributed by atoms with Gasteiger partial charge in [-0.2, -0.15) is 0 Å². The summed E-state index contributed by atoms with van der Waals surface area (Å²) in [5.41, 5.74) is 0.270. The summed E-state index contributed by atoms with van der Waals surface area (Å²) in [6.07, 6.45) is 4.63. The number of aromatic nitrogens is 3. The quantitative estimate of drug-likeness (QED) is 0.674. The minimum atomic E-state index is -1.63. The predicted molar refractivity (Wildman–Crippen MR) is 67.3 cm³/mol. The van der Waals surface area contributed by atoms with Gasteiger partial charge in [0.05, 0.1) is 12.1 Å². The first-order valence-corrected chi connectivity index (χ1v) is 5.71. The molecule has 104 valence electrons. The summed E-state index contributed by atoms with van der Waals surface area (Å²) in [5.74, 6) is -1.29. The number of aliphatic hydroxyl groups is 1. The van der Waals surface area contributed by atoms with Gasteiger partial charge in [0, 0.05) is 18.6 Å². The molecule has 2 aromatic heterocycles. The number of nitrogens with zero attached hydrogens (tertiary/aromatic N) is 3.